The zero-order valence-electron chi connectivity index (χ0n) is 12.1. The maximum absolute atomic E-state index is 11.8. The van der Waals surface area contributed by atoms with Gasteiger partial charge in [-0.15, -0.1) is 0 Å². The third-order valence-electron chi connectivity index (χ3n) is 3.06. The number of hydrogen-bond acceptors (Lipinski definition) is 3. The van der Waals surface area contributed by atoms with Crippen LogP contribution in [0.25, 0.3) is 0 Å². The lowest BCUT2D eigenvalue weighted by molar-refractivity contribution is 0.0956. The average molecular weight is 272 g/mol. The number of aryl methyl sites for hydroxylation is 2. The quantitative estimate of drug-likeness (QED) is 0.876. The van der Waals surface area contributed by atoms with Crippen LogP contribution >= 0.6 is 0 Å². The van der Waals surface area contributed by atoms with Crippen LogP contribution in [0.5, 0.6) is 0 Å². The lowest BCUT2D eigenvalue weighted by atomic mass is 10.2. The fraction of sp³-hybridized carbons (Fsp3) is 0.333. The molecule has 0 aliphatic rings. The minimum atomic E-state index is -0.0475. The van der Waals surface area contributed by atoms with E-state index >= 15 is 0 Å². The van der Waals surface area contributed by atoms with Crippen molar-refractivity contribution >= 4 is 11.6 Å². The Hall–Kier alpha value is -2.30. The highest BCUT2D eigenvalue weighted by Gasteiger charge is 2.06. The molecule has 2 N–H and O–H groups in total. The molecule has 20 heavy (non-hydrogen) atoms. The number of rotatable bonds is 5. The first-order chi connectivity index (χ1) is 9.60. The molecule has 5 heteroatoms. The molecule has 1 aromatic carbocycles. The summed E-state index contributed by atoms with van der Waals surface area (Å²) in [6.45, 7) is 5.22. The lowest BCUT2D eigenvalue weighted by Gasteiger charge is -2.08. The Kier molecular flexibility index (Phi) is 4.40. The van der Waals surface area contributed by atoms with E-state index in [2.05, 4.69) is 15.7 Å². The van der Waals surface area contributed by atoms with Gasteiger partial charge in [0.25, 0.3) is 5.91 Å². The van der Waals surface area contributed by atoms with Crippen LogP contribution in [-0.2, 0) is 13.6 Å². The number of amides is 1. The summed E-state index contributed by atoms with van der Waals surface area (Å²) in [5, 5.41) is 10.4. The Morgan fingerprint density at radius 1 is 1.40 bits per heavy atom. The summed E-state index contributed by atoms with van der Waals surface area (Å²) in [6, 6.07) is 7.50. The van der Waals surface area contributed by atoms with Gasteiger partial charge in [0.2, 0.25) is 0 Å². The summed E-state index contributed by atoms with van der Waals surface area (Å²) < 4.78 is 1.80. The maximum Gasteiger partial charge on any atom is 0.251 e. The Morgan fingerprint density at radius 3 is 2.85 bits per heavy atom. The van der Waals surface area contributed by atoms with E-state index in [0.717, 1.165) is 16.9 Å². The van der Waals surface area contributed by atoms with Gasteiger partial charge in [0.1, 0.15) is 0 Å². The summed E-state index contributed by atoms with van der Waals surface area (Å²) in [5.41, 5.74) is 3.76. The molecule has 0 aliphatic carbocycles. The highest BCUT2D eigenvalue weighted by atomic mass is 16.1. The molecule has 2 aromatic rings. The summed E-state index contributed by atoms with van der Waals surface area (Å²) in [4.78, 5) is 11.8. The first-order valence-electron chi connectivity index (χ1n) is 6.71. The molecule has 0 saturated heterocycles. The van der Waals surface area contributed by atoms with Gasteiger partial charge in [-0.3, -0.25) is 9.48 Å². The first-order valence-corrected chi connectivity index (χ1v) is 6.71. The van der Waals surface area contributed by atoms with Gasteiger partial charge in [0, 0.05) is 43.1 Å². The highest BCUT2D eigenvalue weighted by molar-refractivity contribution is 5.95. The number of carbonyl (C=O) groups excluding carboxylic acids is 1. The molecule has 2 rings (SSSR count). The number of benzene rings is 1. The predicted octanol–water partition coefficient (Wildman–Crippen LogP) is 2.09. The smallest absolute Gasteiger partial charge is 0.251 e. The number of carbonyl (C=O) groups is 1. The molecule has 0 bridgehead atoms. The second-order valence-electron chi connectivity index (χ2n) is 4.71. The van der Waals surface area contributed by atoms with Crippen molar-refractivity contribution in [3.63, 3.8) is 0 Å². The largest absolute Gasteiger partial charge is 0.381 e. The number of nitrogens with zero attached hydrogens (tertiary/aromatic N) is 2. The number of aromatic nitrogens is 2. The number of anilines is 1. The standard InChI is InChI=1S/C15H20N4O/c1-4-16-15(20)12-6-5-7-14(8-12)17-9-13-10-19(3)18-11(13)2/h5-8,10,17H,4,9H2,1-3H3,(H,16,20). The second-order valence-corrected chi connectivity index (χ2v) is 4.71. The van der Waals surface area contributed by atoms with Gasteiger partial charge < -0.3 is 10.6 Å². The number of hydrogen-bond donors (Lipinski definition) is 2. The molecular formula is C15H20N4O. The van der Waals surface area contributed by atoms with Crippen LogP contribution in [0.15, 0.2) is 30.5 Å². The third kappa shape index (κ3) is 3.38. The third-order valence-corrected chi connectivity index (χ3v) is 3.06. The molecule has 0 fully saturated rings. The zero-order valence-corrected chi connectivity index (χ0v) is 12.1. The summed E-state index contributed by atoms with van der Waals surface area (Å²) in [6.07, 6.45) is 2.00. The van der Waals surface area contributed by atoms with Crippen LogP contribution in [-0.4, -0.2) is 22.2 Å². The predicted molar refractivity (Wildman–Crippen MR) is 79.7 cm³/mol. The second kappa shape index (κ2) is 6.23. The molecule has 0 saturated carbocycles. The minimum Gasteiger partial charge on any atom is -0.381 e. The zero-order chi connectivity index (χ0) is 14.5. The van der Waals surface area contributed by atoms with Gasteiger partial charge in [-0.25, -0.2) is 0 Å². The van der Waals surface area contributed by atoms with Crippen LogP contribution in [0, 0.1) is 6.92 Å². The molecule has 1 heterocycles. The van der Waals surface area contributed by atoms with Crippen molar-refractivity contribution in [2.75, 3.05) is 11.9 Å². The Morgan fingerprint density at radius 2 is 2.20 bits per heavy atom. The normalized spacial score (nSPS) is 10.3. The monoisotopic (exact) mass is 272 g/mol. The summed E-state index contributed by atoms with van der Waals surface area (Å²) in [5.74, 6) is -0.0475. The Labute approximate surface area is 119 Å². The fourth-order valence-electron chi connectivity index (χ4n) is 2.05. The van der Waals surface area contributed by atoms with Crippen LogP contribution < -0.4 is 10.6 Å². The molecule has 0 spiro atoms. The lowest BCUT2D eigenvalue weighted by Crippen LogP contribution is -2.22. The Balaban J connectivity index is 2.05. The van der Waals surface area contributed by atoms with Gasteiger partial charge in [-0.05, 0) is 32.0 Å². The molecule has 0 atom stereocenters. The molecule has 1 amide bonds. The molecule has 0 radical (unpaired) electrons. The van der Waals surface area contributed by atoms with Crippen LogP contribution in [0.2, 0.25) is 0 Å². The van der Waals surface area contributed by atoms with Crippen molar-refractivity contribution in [1.29, 1.82) is 0 Å². The molecular weight excluding hydrogens is 252 g/mol. The summed E-state index contributed by atoms with van der Waals surface area (Å²) in [7, 11) is 1.91. The van der Waals surface area contributed by atoms with E-state index in [-0.39, 0.29) is 5.91 Å². The van der Waals surface area contributed by atoms with E-state index in [0.29, 0.717) is 18.7 Å². The molecule has 5 nitrogen and oxygen atoms in total. The van der Waals surface area contributed by atoms with Crippen molar-refractivity contribution in [3.05, 3.63) is 47.3 Å². The molecule has 0 unspecified atom stereocenters. The van der Waals surface area contributed by atoms with E-state index in [4.69, 9.17) is 0 Å². The number of nitrogens with one attached hydrogen (secondary N) is 2. The van der Waals surface area contributed by atoms with E-state index in [1.807, 2.05) is 51.4 Å². The summed E-state index contributed by atoms with van der Waals surface area (Å²) >= 11 is 0. The van der Waals surface area contributed by atoms with Crippen molar-refractivity contribution in [1.82, 2.24) is 15.1 Å². The fourth-order valence-corrected chi connectivity index (χ4v) is 2.05. The Bertz CT molecular complexity index is 604. The molecule has 0 aliphatic heterocycles. The topological polar surface area (TPSA) is 59.0 Å². The van der Waals surface area contributed by atoms with Crippen molar-refractivity contribution in [3.8, 4) is 0 Å². The first kappa shape index (κ1) is 14.1. The van der Waals surface area contributed by atoms with Gasteiger partial charge in [-0.2, -0.15) is 5.10 Å². The highest BCUT2D eigenvalue weighted by Crippen LogP contribution is 2.13. The van der Waals surface area contributed by atoms with E-state index in [9.17, 15) is 4.79 Å². The van der Waals surface area contributed by atoms with E-state index < -0.39 is 0 Å². The van der Waals surface area contributed by atoms with Gasteiger partial charge >= 0.3 is 0 Å². The van der Waals surface area contributed by atoms with E-state index in [1.54, 1.807) is 4.68 Å². The van der Waals surface area contributed by atoms with Gasteiger partial charge in [0.15, 0.2) is 0 Å². The SMILES string of the molecule is CCNC(=O)c1cccc(NCc2cn(C)nc2C)c1. The van der Waals surface area contributed by atoms with Crippen LogP contribution in [0.4, 0.5) is 5.69 Å². The average Bonchev–Trinajstić information content (AvgIpc) is 2.75. The van der Waals surface area contributed by atoms with Crippen molar-refractivity contribution in [2.45, 2.75) is 20.4 Å². The molecule has 106 valence electrons. The van der Waals surface area contributed by atoms with Crippen LogP contribution in [0.1, 0.15) is 28.5 Å². The van der Waals surface area contributed by atoms with Gasteiger partial charge in [-0.1, -0.05) is 6.07 Å². The minimum absolute atomic E-state index is 0.0475. The van der Waals surface area contributed by atoms with Crippen molar-refractivity contribution in [2.24, 2.45) is 7.05 Å². The van der Waals surface area contributed by atoms with Gasteiger partial charge in [0.05, 0.1) is 5.69 Å². The molecule has 1 aromatic heterocycles. The van der Waals surface area contributed by atoms with Crippen LogP contribution in [0.3, 0.4) is 0 Å². The van der Waals surface area contributed by atoms with Crippen molar-refractivity contribution < 1.29 is 4.79 Å². The maximum atomic E-state index is 11.8. The van der Waals surface area contributed by atoms with E-state index in [1.165, 1.54) is 0 Å².